The number of rotatable bonds is 7. The lowest BCUT2D eigenvalue weighted by Gasteiger charge is -2.39. The monoisotopic (exact) mass is 441 g/mol. The molecule has 2 bridgehead atoms. The Labute approximate surface area is 178 Å². The van der Waals surface area contributed by atoms with Gasteiger partial charge in [-0.1, -0.05) is 18.5 Å². The zero-order chi connectivity index (χ0) is 20.6. The average Bonchev–Trinajstić information content (AvgIpc) is 3.33. The number of fused-ring (bicyclic) bond motifs is 1. The lowest BCUT2D eigenvalue weighted by molar-refractivity contribution is -0.126. The van der Waals surface area contributed by atoms with E-state index in [9.17, 15) is 14.0 Å². The van der Waals surface area contributed by atoms with Crippen LogP contribution in [0.5, 0.6) is 5.75 Å². The van der Waals surface area contributed by atoms with Crippen LogP contribution in [0.2, 0.25) is 5.02 Å². The van der Waals surface area contributed by atoms with Gasteiger partial charge in [-0.05, 0) is 37.3 Å². The highest BCUT2D eigenvalue weighted by atomic mass is 35.5. The fourth-order valence-electron chi connectivity index (χ4n) is 4.61. The Morgan fingerprint density at radius 1 is 1.38 bits per heavy atom. The molecule has 1 heterocycles. The van der Waals surface area contributed by atoms with E-state index in [1.807, 2.05) is 11.8 Å². The van der Waals surface area contributed by atoms with Crippen molar-refractivity contribution in [3.05, 3.63) is 29.0 Å². The van der Waals surface area contributed by atoms with Gasteiger partial charge in [-0.2, -0.15) is 0 Å². The number of halogens is 2. The summed E-state index contributed by atoms with van der Waals surface area (Å²) in [6.45, 7) is 3.57. The molecule has 1 aliphatic heterocycles. The van der Waals surface area contributed by atoms with E-state index in [4.69, 9.17) is 16.3 Å². The van der Waals surface area contributed by atoms with Gasteiger partial charge in [0, 0.05) is 35.9 Å². The van der Waals surface area contributed by atoms with Crippen molar-refractivity contribution >= 4 is 35.2 Å². The molecule has 3 saturated carbocycles. The lowest BCUT2D eigenvalue weighted by Crippen LogP contribution is -2.53. The molecule has 0 radical (unpaired) electrons. The number of benzene rings is 1. The SMILES string of the molecule is CC1CNC(CNC(=O)C2CC3(NC(=O)COc4ccc(Cl)c(F)c4)CC2C3)S1. The molecular formula is C20H25ClFN3O3S. The first-order chi connectivity index (χ1) is 13.8. The number of hydrogen-bond acceptors (Lipinski definition) is 5. The van der Waals surface area contributed by atoms with Crippen LogP contribution in [0.1, 0.15) is 26.2 Å². The van der Waals surface area contributed by atoms with Crippen molar-refractivity contribution in [3.63, 3.8) is 0 Å². The summed E-state index contributed by atoms with van der Waals surface area (Å²) in [5, 5.41) is 10.3. The van der Waals surface area contributed by atoms with Crippen molar-refractivity contribution in [3.8, 4) is 5.75 Å². The third-order valence-electron chi connectivity index (χ3n) is 5.98. The lowest BCUT2D eigenvalue weighted by atomic mass is 9.76. The quantitative estimate of drug-likeness (QED) is 0.605. The van der Waals surface area contributed by atoms with Crippen LogP contribution in [0, 0.1) is 17.7 Å². The molecule has 158 valence electrons. The number of carbonyl (C=O) groups is 2. The van der Waals surface area contributed by atoms with Crippen molar-refractivity contribution in [2.45, 2.75) is 42.3 Å². The third kappa shape index (κ3) is 4.64. The highest BCUT2D eigenvalue weighted by molar-refractivity contribution is 8.00. The molecule has 1 aromatic carbocycles. The Balaban J connectivity index is 1.22. The van der Waals surface area contributed by atoms with Crippen LogP contribution in [0.4, 0.5) is 4.39 Å². The van der Waals surface area contributed by atoms with Gasteiger partial charge in [0.05, 0.1) is 10.4 Å². The number of nitrogens with one attached hydrogen (secondary N) is 3. The number of ether oxygens (including phenoxy) is 1. The zero-order valence-electron chi connectivity index (χ0n) is 16.2. The molecule has 4 fully saturated rings. The number of hydrogen-bond donors (Lipinski definition) is 3. The van der Waals surface area contributed by atoms with Gasteiger partial charge in [-0.3, -0.25) is 9.59 Å². The standard InChI is InChI=1S/C20H25ClFN3O3S/c1-11-8-23-18(29-11)9-24-19(27)14-7-20(5-12(14)6-20)25-17(26)10-28-13-2-3-15(21)16(22)4-13/h2-4,11-12,14,18,23H,5-10H2,1H3,(H,24,27)(H,25,26). The summed E-state index contributed by atoms with van der Waals surface area (Å²) in [5.41, 5.74) is -0.312. The highest BCUT2D eigenvalue weighted by Crippen LogP contribution is 2.55. The van der Waals surface area contributed by atoms with Gasteiger partial charge in [0.2, 0.25) is 5.91 Å². The molecule has 0 aromatic heterocycles. The first-order valence-corrected chi connectivity index (χ1v) is 11.2. The van der Waals surface area contributed by atoms with E-state index in [0.29, 0.717) is 24.1 Å². The minimum atomic E-state index is -0.588. The van der Waals surface area contributed by atoms with Gasteiger partial charge in [-0.15, -0.1) is 11.8 Å². The van der Waals surface area contributed by atoms with Crippen LogP contribution >= 0.6 is 23.4 Å². The molecule has 3 N–H and O–H groups in total. The number of carbonyl (C=O) groups excluding carboxylic acids is 2. The Morgan fingerprint density at radius 2 is 2.17 bits per heavy atom. The van der Waals surface area contributed by atoms with E-state index in [1.54, 1.807) is 0 Å². The maximum Gasteiger partial charge on any atom is 0.258 e. The van der Waals surface area contributed by atoms with Crippen molar-refractivity contribution < 1.29 is 18.7 Å². The van der Waals surface area contributed by atoms with Crippen molar-refractivity contribution in [1.29, 1.82) is 0 Å². The van der Waals surface area contributed by atoms with Crippen molar-refractivity contribution in [2.24, 2.45) is 11.8 Å². The molecule has 3 unspecified atom stereocenters. The molecule has 2 amide bonds. The van der Waals surface area contributed by atoms with E-state index >= 15 is 0 Å². The third-order valence-corrected chi connectivity index (χ3v) is 7.58. The van der Waals surface area contributed by atoms with Gasteiger partial charge >= 0.3 is 0 Å². The molecule has 3 aliphatic carbocycles. The smallest absolute Gasteiger partial charge is 0.258 e. The number of thioether (sulfide) groups is 1. The van der Waals surface area contributed by atoms with Crippen molar-refractivity contribution in [2.75, 3.05) is 19.7 Å². The van der Waals surface area contributed by atoms with E-state index in [0.717, 1.165) is 25.5 Å². The van der Waals surface area contributed by atoms with E-state index in [-0.39, 0.29) is 46.0 Å². The van der Waals surface area contributed by atoms with Crippen LogP contribution in [0.25, 0.3) is 0 Å². The van der Waals surface area contributed by atoms with Gasteiger partial charge < -0.3 is 20.7 Å². The fraction of sp³-hybridized carbons (Fsp3) is 0.600. The van der Waals surface area contributed by atoms with Gasteiger partial charge in [-0.25, -0.2) is 4.39 Å². The minimum Gasteiger partial charge on any atom is -0.484 e. The Morgan fingerprint density at radius 3 is 2.86 bits per heavy atom. The van der Waals surface area contributed by atoms with Crippen LogP contribution in [-0.2, 0) is 9.59 Å². The zero-order valence-corrected chi connectivity index (χ0v) is 17.7. The molecule has 29 heavy (non-hydrogen) atoms. The predicted octanol–water partition coefficient (Wildman–Crippen LogP) is 2.31. The molecule has 6 nitrogen and oxygen atoms in total. The minimum absolute atomic E-state index is 0.00768. The van der Waals surface area contributed by atoms with Crippen LogP contribution in [-0.4, -0.2) is 47.7 Å². The summed E-state index contributed by atoms with van der Waals surface area (Å²) in [4.78, 5) is 24.9. The summed E-state index contributed by atoms with van der Waals surface area (Å²) < 4.78 is 18.8. The first kappa shape index (κ1) is 20.8. The summed E-state index contributed by atoms with van der Waals surface area (Å²) in [6, 6.07) is 4.06. The largest absolute Gasteiger partial charge is 0.484 e. The topological polar surface area (TPSA) is 79.5 Å². The second-order valence-electron chi connectivity index (χ2n) is 8.26. The molecule has 3 atom stereocenters. The average molecular weight is 442 g/mol. The molecule has 5 rings (SSSR count). The van der Waals surface area contributed by atoms with Crippen LogP contribution < -0.4 is 20.7 Å². The summed E-state index contributed by atoms with van der Waals surface area (Å²) in [7, 11) is 0. The van der Waals surface area contributed by atoms with Crippen LogP contribution in [0.3, 0.4) is 0 Å². The molecule has 9 heteroatoms. The van der Waals surface area contributed by atoms with E-state index in [1.165, 1.54) is 12.1 Å². The molecule has 1 saturated heterocycles. The summed E-state index contributed by atoms with van der Waals surface area (Å²) in [6.07, 6.45) is 2.30. The number of amides is 2. The summed E-state index contributed by atoms with van der Waals surface area (Å²) >= 11 is 7.48. The molecule has 1 aromatic rings. The molecule has 0 spiro atoms. The van der Waals surface area contributed by atoms with E-state index < -0.39 is 5.82 Å². The highest BCUT2D eigenvalue weighted by Gasteiger charge is 2.58. The molecule has 4 aliphatic rings. The Bertz CT molecular complexity index is 805. The maximum atomic E-state index is 13.4. The van der Waals surface area contributed by atoms with Gasteiger partial charge in [0.1, 0.15) is 11.6 Å². The van der Waals surface area contributed by atoms with Gasteiger partial charge in [0.15, 0.2) is 6.61 Å². The Kier molecular flexibility index (Phi) is 5.95. The van der Waals surface area contributed by atoms with Crippen LogP contribution in [0.15, 0.2) is 18.2 Å². The predicted molar refractivity (Wildman–Crippen MR) is 110 cm³/mol. The summed E-state index contributed by atoms with van der Waals surface area (Å²) in [5.74, 6) is -0.244. The molecular weight excluding hydrogens is 417 g/mol. The second-order valence-corrected chi connectivity index (χ2v) is 10.3. The maximum absolute atomic E-state index is 13.4. The fourth-order valence-corrected chi connectivity index (χ4v) is 5.85. The second kappa shape index (κ2) is 8.32. The normalized spacial score (nSPS) is 32.5. The first-order valence-electron chi connectivity index (χ1n) is 9.89. The van der Waals surface area contributed by atoms with Crippen molar-refractivity contribution in [1.82, 2.24) is 16.0 Å². The Hall–Kier alpha value is -1.51. The van der Waals surface area contributed by atoms with E-state index in [2.05, 4.69) is 22.9 Å². The van der Waals surface area contributed by atoms with Gasteiger partial charge in [0.25, 0.3) is 5.91 Å².